The minimum absolute atomic E-state index is 0.257. The molecule has 1 aromatic carbocycles. The van der Waals surface area contributed by atoms with Crippen molar-refractivity contribution < 1.29 is 4.39 Å². The molecule has 118 valence electrons. The molecule has 3 heterocycles. The van der Waals surface area contributed by atoms with Crippen molar-refractivity contribution in [2.24, 2.45) is 0 Å². The molecular weight excluding hydrogens is 293 g/mol. The van der Waals surface area contributed by atoms with E-state index in [1.54, 1.807) is 18.3 Å². The Bertz CT molecular complexity index is 821. The first kappa shape index (κ1) is 14.1. The highest BCUT2D eigenvalue weighted by atomic mass is 19.1. The zero-order valence-electron chi connectivity index (χ0n) is 12.7. The molecular formula is C17H18FN5. The fourth-order valence-electron chi connectivity index (χ4n) is 3.00. The predicted molar refractivity (Wildman–Crippen MR) is 88.1 cm³/mol. The van der Waals surface area contributed by atoms with E-state index in [-0.39, 0.29) is 5.82 Å². The van der Waals surface area contributed by atoms with Crippen molar-refractivity contribution in [1.82, 2.24) is 19.9 Å². The van der Waals surface area contributed by atoms with Gasteiger partial charge in [-0.15, -0.1) is 0 Å². The van der Waals surface area contributed by atoms with Gasteiger partial charge in [-0.25, -0.2) is 9.37 Å². The number of halogens is 1. The van der Waals surface area contributed by atoms with Gasteiger partial charge in [0.15, 0.2) is 5.65 Å². The Hall–Kier alpha value is -2.47. The Morgan fingerprint density at radius 3 is 2.91 bits per heavy atom. The van der Waals surface area contributed by atoms with Crippen molar-refractivity contribution in [2.75, 3.05) is 31.1 Å². The highest BCUT2D eigenvalue weighted by molar-refractivity contribution is 5.67. The number of nitrogens with zero attached hydrogens (tertiary/aromatic N) is 4. The standard InChI is InChI=1S/C17H18FN5/c18-14-5-2-1-4-13(14)15-12-17(22-10-3-7-19-9-11-22)23-16(21-15)6-8-20-23/h1-2,4-6,8,12,19H,3,7,9-11H2. The summed E-state index contributed by atoms with van der Waals surface area (Å²) in [5.74, 6) is 0.703. The van der Waals surface area contributed by atoms with E-state index in [1.165, 1.54) is 6.07 Å². The zero-order chi connectivity index (χ0) is 15.6. The van der Waals surface area contributed by atoms with Gasteiger partial charge in [0.1, 0.15) is 11.6 Å². The highest BCUT2D eigenvalue weighted by Crippen LogP contribution is 2.26. The molecule has 1 N–H and O–H groups in total. The van der Waals surface area contributed by atoms with E-state index >= 15 is 0 Å². The first-order valence-electron chi connectivity index (χ1n) is 7.88. The van der Waals surface area contributed by atoms with Gasteiger partial charge >= 0.3 is 0 Å². The van der Waals surface area contributed by atoms with Crippen LogP contribution < -0.4 is 10.2 Å². The van der Waals surface area contributed by atoms with Crippen LogP contribution in [0, 0.1) is 5.82 Å². The normalized spacial score (nSPS) is 15.8. The Kier molecular flexibility index (Phi) is 3.67. The van der Waals surface area contributed by atoms with Crippen LogP contribution >= 0.6 is 0 Å². The lowest BCUT2D eigenvalue weighted by Gasteiger charge is -2.23. The molecule has 4 rings (SSSR count). The summed E-state index contributed by atoms with van der Waals surface area (Å²) >= 11 is 0. The second-order valence-electron chi connectivity index (χ2n) is 5.67. The van der Waals surface area contributed by atoms with Crippen LogP contribution in [-0.4, -0.2) is 40.8 Å². The van der Waals surface area contributed by atoms with E-state index in [2.05, 4.69) is 20.3 Å². The maximum absolute atomic E-state index is 14.2. The largest absolute Gasteiger partial charge is 0.355 e. The summed E-state index contributed by atoms with van der Waals surface area (Å²) in [6.45, 7) is 3.79. The molecule has 0 atom stereocenters. The molecule has 0 amide bonds. The number of hydrogen-bond acceptors (Lipinski definition) is 4. The Morgan fingerprint density at radius 2 is 2.00 bits per heavy atom. The number of nitrogens with one attached hydrogen (secondary N) is 1. The van der Waals surface area contributed by atoms with Gasteiger partial charge in [0, 0.05) is 37.3 Å². The first-order chi connectivity index (χ1) is 11.3. The molecule has 0 saturated carbocycles. The van der Waals surface area contributed by atoms with Gasteiger partial charge < -0.3 is 10.2 Å². The van der Waals surface area contributed by atoms with Crippen molar-refractivity contribution >= 4 is 11.5 Å². The summed E-state index contributed by atoms with van der Waals surface area (Å²) in [6.07, 6.45) is 2.80. The van der Waals surface area contributed by atoms with Crippen molar-refractivity contribution in [3.8, 4) is 11.3 Å². The van der Waals surface area contributed by atoms with Crippen LogP contribution in [0.2, 0.25) is 0 Å². The summed E-state index contributed by atoms with van der Waals surface area (Å²) in [7, 11) is 0. The van der Waals surface area contributed by atoms with E-state index in [9.17, 15) is 4.39 Å². The topological polar surface area (TPSA) is 45.5 Å². The van der Waals surface area contributed by atoms with Crippen LogP contribution in [-0.2, 0) is 0 Å². The van der Waals surface area contributed by atoms with Crippen LogP contribution in [0.5, 0.6) is 0 Å². The average molecular weight is 311 g/mol. The predicted octanol–water partition coefficient (Wildman–Crippen LogP) is 2.34. The van der Waals surface area contributed by atoms with Gasteiger partial charge in [-0.05, 0) is 25.1 Å². The van der Waals surface area contributed by atoms with E-state index in [4.69, 9.17) is 0 Å². The number of aromatic nitrogens is 3. The number of fused-ring (bicyclic) bond motifs is 1. The lowest BCUT2D eigenvalue weighted by Crippen LogP contribution is -2.29. The third kappa shape index (κ3) is 2.66. The van der Waals surface area contributed by atoms with Crippen LogP contribution in [0.15, 0.2) is 42.6 Å². The van der Waals surface area contributed by atoms with Crippen LogP contribution in [0.3, 0.4) is 0 Å². The number of rotatable bonds is 2. The third-order valence-corrected chi connectivity index (χ3v) is 4.15. The first-order valence-corrected chi connectivity index (χ1v) is 7.88. The lowest BCUT2D eigenvalue weighted by atomic mass is 10.1. The van der Waals surface area contributed by atoms with Crippen molar-refractivity contribution in [3.63, 3.8) is 0 Å². The second-order valence-corrected chi connectivity index (χ2v) is 5.67. The van der Waals surface area contributed by atoms with Crippen molar-refractivity contribution in [2.45, 2.75) is 6.42 Å². The Balaban J connectivity index is 1.86. The second kappa shape index (κ2) is 5.96. The van der Waals surface area contributed by atoms with Crippen molar-refractivity contribution in [1.29, 1.82) is 0 Å². The average Bonchev–Trinajstić information content (AvgIpc) is 2.88. The number of hydrogen-bond donors (Lipinski definition) is 1. The minimum atomic E-state index is -0.257. The van der Waals surface area contributed by atoms with Gasteiger partial charge in [0.2, 0.25) is 0 Å². The van der Waals surface area contributed by atoms with E-state index in [0.717, 1.165) is 44.1 Å². The van der Waals surface area contributed by atoms with Crippen LogP contribution in [0.25, 0.3) is 16.9 Å². The van der Waals surface area contributed by atoms with Gasteiger partial charge in [-0.2, -0.15) is 9.61 Å². The molecule has 1 fully saturated rings. The molecule has 0 unspecified atom stereocenters. The lowest BCUT2D eigenvalue weighted by molar-refractivity contribution is 0.630. The Labute approximate surface area is 133 Å². The molecule has 1 saturated heterocycles. The summed E-state index contributed by atoms with van der Waals surface area (Å²) < 4.78 is 16.0. The summed E-state index contributed by atoms with van der Waals surface area (Å²) in [5.41, 5.74) is 1.90. The van der Waals surface area contributed by atoms with Crippen molar-refractivity contribution in [3.05, 3.63) is 48.4 Å². The molecule has 5 nitrogen and oxygen atoms in total. The van der Waals surface area contributed by atoms with E-state index < -0.39 is 0 Å². The zero-order valence-corrected chi connectivity index (χ0v) is 12.7. The SMILES string of the molecule is Fc1ccccc1-c1cc(N2CCCNCC2)n2nccc2n1. The molecule has 3 aromatic rings. The van der Waals surface area contributed by atoms with Crippen LogP contribution in [0.1, 0.15) is 6.42 Å². The van der Waals surface area contributed by atoms with Crippen LogP contribution in [0.4, 0.5) is 10.2 Å². The molecule has 0 spiro atoms. The fourth-order valence-corrected chi connectivity index (χ4v) is 3.00. The smallest absolute Gasteiger partial charge is 0.157 e. The van der Waals surface area contributed by atoms with E-state index in [0.29, 0.717) is 11.3 Å². The Morgan fingerprint density at radius 1 is 1.09 bits per heavy atom. The van der Waals surface area contributed by atoms with Gasteiger partial charge in [-0.1, -0.05) is 12.1 Å². The molecule has 2 aromatic heterocycles. The van der Waals surface area contributed by atoms with Gasteiger partial charge in [0.25, 0.3) is 0 Å². The molecule has 23 heavy (non-hydrogen) atoms. The molecule has 6 heteroatoms. The maximum atomic E-state index is 14.2. The molecule has 1 aliphatic rings. The molecule has 0 radical (unpaired) electrons. The van der Waals surface area contributed by atoms with Gasteiger partial charge in [-0.3, -0.25) is 0 Å². The summed E-state index contributed by atoms with van der Waals surface area (Å²) in [4.78, 5) is 6.85. The number of benzene rings is 1. The van der Waals surface area contributed by atoms with E-state index in [1.807, 2.05) is 22.7 Å². The summed E-state index contributed by atoms with van der Waals surface area (Å²) in [5, 5.41) is 7.78. The van der Waals surface area contributed by atoms with Gasteiger partial charge in [0.05, 0.1) is 11.9 Å². The quantitative estimate of drug-likeness (QED) is 0.789. The highest BCUT2D eigenvalue weighted by Gasteiger charge is 2.17. The number of anilines is 1. The summed E-state index contributed by atoms with van der Waals surface area (Å²) in [6, 6.07) is 10.5. The minimum Gasteiger partial charge on any atom is -0.355 e. The monoisotopic (exact) mass is 311 g/mol. The molecule has 1 aliphatic heterocycles. The third-order valence-electron chi connectivity index (χ3n) is 4.15. The molecule has 0 bridgehead atoms. The maximum Gasteiger partial charge on any atom is 0.157 e. The molecule has 0 aliphatic carbocycles. The fraction of sp³-hybridized carbons (Fsp3) is 0.294.